The quantitative estimate of drug-likeness (QED) is 0.708. The van der Waals surface area contributed by atoms with Gasteiger partial charge >= 0.3 is 5.97 Å². The number of anilines is 1. The van der Waals surface area contributed by atoms with Gasteiger partial charge in [-0.25, -0.2) is 14.8 Å². The molecule has 6 nitrogen and oxygen atoms in total. The molecule has 1 aromatic heterocycles. The molecule has 0 aliphatic carbocycles. The Morgan fingerprint density at radius 3 is 2.45 bits per heavy atom. The van der Waals surface area contributed by atoms with E-state index in [2.05, 4.69) is 15.3 Å². The number of rotatable bonds is 7. The van der Waals surface area contributed by atoms with E-state index in [9.17, 15) is 9.90 Å². The number of nitrogens with one attached hydrogen (secondary N) is 1. The molecule has 0 aromatic carbocycles. The highest BCUT2D eigenvalue weighted by atomic mass is 16.4. The molecule has 1 aromatic rings. The molecule has 3 N–H and O–H groups in total. The average molecular weight is 281 g/mol. The third kappa shape index (κ3) is 4.16. The van der Waals surface area contributed by atoms with Gasteiger partial charge in [-0.15, -0.1) is 0 Å². The van der Waals surface area contributed by atoms with Crippen LogP contribution in [-0.2, 0) is 0 Å². The summed E-state index contributed by atoms with van der Waals surface area (Å²) < 4.78 is 0. The Morgan fingerprint density at radius 1 is 1.35 bits per heavy atom. The third-order valence-electron chi connectivity index (χ3n) is 3.11. The zero-order valence-electron chi connectivity index (χ0n) is 12.4. The van der Waals surface area contributed by atoms with Crippen LogP contribution in [0.25, 0.3) is 0 Å². The maximum Gasteiger partial charge on any atom is 0.356 e. The van der Waals surface area contributed by atoms with Crippen molar-refractivity contribution in [1.29, 1.82) is 0 Å². The summed E-state index contributed by atoms with van der Waals surface area (Å²) in [5, 5.41) is 21.5. The van der Waals surface area contributed by atoms with E-state index in [-0.39, 0.29) is 30.2 Å². The molecular weight excluding hydrogens is 258 g/mol. The largest absolute Gasteiger partial charge is 0.476 e. The minimum absolute atomic E-state index is 0.0210. The molecule has 6 heteroatoms. The van der Waals surface area contributed by atoms with Gasteiger partial charge in [0.2, 0.25) is 0 Å². The molecule has 0 aliphatic rings. The summed E-state index contributed by atoms with van der Waals surface area (Å²) in [4.78, 5) is 19.6. The fraction of sp³-hybridized carbons (Fsp3) is 0.643. The second kappa shape index (κ2) is 7.19. The number of aliphatic hydroxyl groups is 1. The number of carbonyl (C=O) groups is 1. The maximum atomic E-state index is 11.3. The highest BCUT2D eigenvalue weighted by Crippen LogP contribution is 2.20. The Labute approximate surface area is 119 Å². The van der Waals surface area contributed by atoms with E-state index in [4.69, 9.17) is 5.11 Å². The summed E-state index contributed by atoms with van der Waals surface area (Å²) in [6, 6.07) is -0.0217. The molecule has 112 valence electrons. The van der Waals surface area contributed by atoms with E-state index in [1.807, 2.05) is 27.7 Å². The van der Waals surface area contributed by atoms with E-state index in [0.717, 1.165) is 0 Å². The Kier molecular flexibility index (Phi) is 5.88. The summed E-state index contributed by atoms with van der Waals surface area (Å²) >= 11 is 0. The molecule has 1 unspecified atom stereocenters. The first kappa shape index (κ1) is 16.4. The predicted octanol–water partition coefficient (Wildman–Crippen LogP) is 2.12. The standard InChI is InChI=1S/C14H23N3O3/c1-8(2)10(5-6-18)16-11-7-15-13(9(3)4)17-12(11)14(19)20/h7-10,16,18H,5-6H2,1-4H3,(H,19,20). The zero-order valence-corrected chi connectivity index (χ0v) is 12.4. The molecule has 0 aliphatic heterocycles. The van der Waals surface area contributed by atoms with Crippen molar-refractivity contribution < 1.29 is 15.0 Å². The molecule has 0 radical (unpaired) electrons. The van der Waals surface area contributed by atoms with Gasteiger partial charge in [-0.1, -0.05) is 27.7 Å². The lowest BCUT2D eigenvalue weighted by atomic mass is 10.0. The van der Waals surface area contributed by atoms with Gasteiger partial charge in [0.25, 0.3) is 0 Å². The normalized spacial score (nSPS) is 12.8. The van der Waals surface area contributed by atoms with Crippen LogP contribution in [0.4, 0.5) is 5.69 Å². The molecule has 0 saturated carbocycles. The first-order valence-corrected chi connectivity index (χ1v) is 6.84. The average Bonchev–Trinajstić information content (AvgIpc) is 2.37. The van der Waals surface area contributed by atoms with Crippen LogP contribution < -0.4 is 5.32 Å². The van der Waals surface area contributed by atoms with Gasteiger partial charge in [0.15, 0.2) is 5.69 Å². The summed E-state index contributed by atoms with van der Waals surface area (Å²) in [7, 11) is 0. The second-order valence-corrected chi connectivity index (χ2v) is 5.46. The van der Waals surface area contributed by atoms with Gasteiger partial charge < -0.3 is 15.5 Å². The fourth-order valence-corrected chi connectivity index (χ4v) is 1.85. The minimum atomic E-state index is -1.08. The van der Waals surface area contributed by atoms with Crippen LogP contribution in [0.2, 0.25) is 0 Å². The molecule has 1 heterocycles. The number of aromatic carboxylic acids is 1. The van der Waals surface area contributed by atoms with Crippen molar-refractivity contribution in [3.05, 3.63) is 17.7 Å². The van der Waals surface area contributed by atoms with E-state index in [0.29, 0.717) is 17.9 Å². The first-order valence-electron chi connectivity index (χ1n) is 6.84. The fourth-order valence-electron chi connectivity index (χ4n) is 1.85. The van der Waals surface area contributed by atoms with E-state index < -0.39 is 5.97 Å². The van der Waals surface area contributed by atoms with Gasteiger partial charge in [-0.2, -0.15) is 0 Å². The van der Waals surface area contributed by atoms with Crippen LogP contribution in [0.5, 0.6) is 0 Å². The van der Waals surface area contributed by atoms with Crippen molar-refractivity contribution in [1.82, 2.24) is 9.97 Å². The molecule has 0 saturated heterocycles. The van der Waals surface area contributed by atoms with Crippen molar-refractivity contribution in [2.75, 3.05) is 11.9 Å². The van der Waals surface area contributed by atoms with Crippen LogP contribution in [0, 0.1) is 5.92 Å². The Hall–Kier alpha value is -1.69. The minimum Gasteiger partial charge on any atom is -0.476 e. The van der Waals surface area contributed by atoms with Gasteiger partial charge in [0.05, 0.1) is 11.9 Å². The number of carboxylic acid groups (broad SMARTS) is 1. The van der Waals surface area contributed by atoms with Gasteiger partial charge in [0, 0.05) is 18.6 Å². The van der Waals surface area contributed by atoms with Crippen LogP contribution in [0.15, 0.2) is 6.20 Å². The number of hydrogen-bond acceptors (Lipinski definition) is 5. The second-order valence-electron chi connectivity index (χ2n) is 5.46. The monoisotopic (exact) mass is 281 g/mol. The number of aliphatic hydroxyl groups excluding tert-OH is 1. The van der Waals surface area contributed by atoms with Crippen molar-refractivity contribution in [2.24, 2.45) is 5.92 Å². The SMILES string of the molecule is CC(C)c1ncc(NC(CCO)C(C)C)c(C(=O)O)n1. The summed E-state index contributed by atoms with van der Waals surface area (Å²) in [5.41, 5.74) is 0.376. The lowest BCUT2D eigenvalue weighted by molar-refractivity contribution is 0.0691. The Bertz CT molecular complexity index is 461. The molecule has 0 amide bonds. The van der Waals surface area contributed by atoms with Crippen molar-refractivity contribution in [3.63, 3.8) is 0 Å². The zero-order chi connectivity index (χ0) is 15.3. The predicted molar refractivity (Wildman–Crippen MR) is 77.0 cm³/mol. The smallest absolute Gasteiger partial charge is 0.356 e. The summed E-state index contributed by atoms with van der Waals surface area (Å²) in [5.74, 6) is -0.242. The third-order valence-corrected chi connectivity index (χ3v) is 3.11. The molecule has 0 bridgehead atoms. The Morgan fingerprint density at radius 2 is 2.00 bits per heavy atom. The summed E-state index contributed by atoms with van der Waals surface area (Å²) in [6.45, 7) is 7.89. The summed E-state index contributed by atoms with van der Waals surface area (Å²) in [6.07, 6.45) is 2.06. The lowest BCUT2D eigenvalue weighted by Crippen LogP contribution is -2.28. The number of hydrogen-bond donors (Lipinski definition) is 3. The maximum absolute atomic E-state index is 11.3. The molecule has 0 fully saturated rings. The lowest BCUT2D eigenvalue weighted by Gasteiger charge is -2.23. The molecule has 1 atom stereocenters. The molecule has 0 spiro atoms. The number of carboxylic acids is 1. The highest BCUT2D eigenvalue weighted by Gasteiger charge is 2.19. The van der Waals surface area contributed by atoms with Crippen LogP contribution in [0.3, 0.4) is 0 Å². The highest BCUT2D eigenvalue weighted by molar-refractivity contribution is 5.91. The molecule has 1 rings (SSSR count). The number of nitrogens with zero attached hydrogens (tertiary/aromatic N) is 2. The first-order chi connectivity index (χ1) is 9.36. The van der Waals surface area contributed by atoms with Crippen LogP contribution in [0.1, 0.15) is 56.3 Å². The topological polar surface area (TPSA) is 95.3 Å². The molecule has 20 heavy (non-hydrogen) atoms. The van der Waals surface area contributed by atoms with Gasteiger partial charge in [-0.3, -0.25) is 0 Å². The van der Waals surface area contributed by atoms with Gasteiger partial charge in [-0.05, 0) is 12.3 Å². The van der Waals surface area contributed by atoms with E-state index in [1.165, 1.54) is 6.20 Å². The van der Waals surface area contributed by atoms with Crippen LogP contribution >= 0.6 is 0 Å². The van der Waals surface area contributed by atoms with Crippen molar-refractivity contribution >= 4 is 11.7 Å². The van der Waals surface area contributed by atoms with Crippen molar-refractivity contribution in [3.8, 4) is 0 Å². The molecular formula is C14H23N3O3. The van der Waals surface area contributed by atoms with Crippen LogP contribution in [-0.4, -0.2) is 38.8 Å². The van der Waals surface area contributed by atoms with Gasteiger partial charge in [0.1, 0.15) is 5.82 Å². The Balaban J connectivity index is 3.07. The van der Waals surface area contributed by atoms with Crippen molar-refractivity contribution in [2.45, 2.75) is 46.1 Å². The van der Waals surface area contributed by atoms with E-state index in [1.54, 1.807) is 0 Å². The van der Waals surface area contributed by atoms with E-state index >= 15 is 0 Å². The number of aromatic nitrogens is 2.